The van der Waals surface area contributed by atoms with Crippen LogP contribution in [-0.4, -0.2) is 41.0 Å². The predicted octanol–water partition coefficient (Wildman–Crippen LogP) is -0.0972. The molecular formula is C10H18N2O3. The fraction of sp³-hybridized carbons (Fsp3) is 0.800. The van der Waals surface area contributed by atoms with E-state index >= 15 is 0 Å². The zero-order valence-corrected chi connectivity index (χ0v) is 9.14. The second-order valence-electron chi connectivity index (χ2n) is 4.51. The van der Waals surface area contributed by atoms with Crippen molar-refractivity contribution in [3.8, 4) is 0 Å². The molecule has 0 aromatic heterocycles. The van der Waals surface area contributed by atoms with Crippen LogP contribution in [0.5, 0.6) is 0 Å². The largest absolute Gasteiger partial charge is 0.481 e. The molecule has 1 amide bonds. The van der Waals surface area contributed by atoms with Crippen molar-refractivity contribution in [3.63, 3.8) is 0 Å². The number of nitrogens with zero attached hydrogens (tertiary/aromatic N) is 1. The third-order valence-corrected chi connectivity index (χ3v) is 2.58. The summed E-state index contributed by atoms with van der Waals surface area (Å²) in [5, 5.41) is 8.65. The number of hydrogen-bond acceptors (Lipinski definition) is 3. The van der Waals surface area contributed by atoms with Crippen LogP contribution in [0.1, 0.15) is 20.3 Å². The van der Waals surface area contributed by atoms with E-state index in [1.807, 2.05) is 13.8 Å². The molecule has 15 heavy (non-hydrogen) atoms. The standard InChI is InChI=1S/C10H18N2O3/c1-6(2)3-8(11)9(13)12-4-7(5-12)10(14)15/h6-8H,3-5,11H2,1-2H3,(H,14,15)/t8-/m0/s1. The number of carbonyl (C=O) groups is 2. The zero-order chi connectivity index (χ0) is 11.6. The number of aliphatic carboxylic acids is 1. The van der Waals surface area contributed by atoms with Crippen molar-refractivity contribution in [3.05, 3.63) is 0 Å². The number of carbonyl (C=O) groups excluding carboxylic acids is 1. The van der Waals surface area contributed by atoms with E-state index < -0.39 is 17.9 Å². The highest BCUT2D eigenvalue weighted by molar-refractivity contribution is 5.84. The molecule has 1 fully saturated rings. The molecule has 0 radical (unpaired) electrons. The molecule has 3 N–H and O–H groups in total. The highest BCUT2D eigenvalue weighted by Gasteiger charge is 2.37. The maximum absolute atomic E-state index is 11.6. The molecule has 0 spiro atoms. The van der Waals surface area contributed by atoms with E-state index in [0.717, 1.165) is 0 Å². The molecule has 0 aromatic carbocycles. The van der Waals surface area contributed by atoms with Gasteiger partial charge < -0.3 is 15.7 Å². The number of likely N-dealkylation sites (tertiary alicyclic amines) is 1. The molecule has 1 saturated heterocycles. The van der Waals surface area contributed by atoms with Crippen LogP contribution in [0.3, 0.4) is 0 Å². The Morgan fingerprint density at radius 2 is 2.00 bits per heavy atom. The van der Waals surface area contributed by atoms with Crippen LogP contribution >= 0.6 is 0 Å². The molecule has 0 saturated carbocycles. The Morgan fingerprint density at radius 3 is 2.40 bits per heavy atom. The second-order valence-corrected chi connectivity index (χ2v) is 4.51. The monoisotopic (exact) mass is 214 g/mol. The Balaban J connectivity index is 2.34. The van der Waals surface area contributed by atoms with Gasteiger partial charge in [-0.25, -0.2) is 0 Å². The van der Waals surface area contributed by atoms with Gasteiger partial charge in [-0.05, 0) is 12.3 Å². The lowest BCUT2D eigenvalue weighted by molar-refractivity contribution is -0.153. The lowest BCUT2D eigenvalue weighted by atomic mass is 9.97. The molecule has 5 nitrogen and oxygen atoms in total. The van der Waals surface area contributed by atoms with Crippen molar-refractivity contribution >= 4 is 11.9 Å². The van der Waals surface area contributed by atoms with E-state index in [0.29, 0.717) is 25.4 Å². The minimum absolute atomic E-state index is 0.124. The van der Waals surface area contributed by atoms with Crippen LogP contribution in [-0.2, 0) is 9.59 Å². The van der Waals surface area contributed by atoms with Crippen LogP contribution in [0, 0.1) is 11.8 Å². The molecule has 0 aliphatic carbocycles. The number of carboxylic acids is 1. The first-order valence-electron chi connectivity index (χ1n) is 5.19. The molecule has 86 valence electrons. The van der Waals surface area contributed by atoms with E-state index in [4.69, 9.17) is 10.8 Å². The van der Waals surface area contributed by atoms with Crippen LogP contribution in [0.4, 0.5) is 0 Å². The van der Waals surface area contributed by atoms with Crippen molar-refractivity contribution < 1.29 is 14.7 Å². The van der Waals surface area contributed by atoms with Gasteiger partial charge in [0.25, 0.3) is 0 Å². The van der Waals surface area contributed by atoms with Gasteiger partial charge in [-0.2, -0.15) is 0 Å². The zero-order valence-electron chi connectivity index (χ0n) is 9.14. The van der Waals surface area contributed by atoms with Gasteiger partial charge in [-0.15, -0.1) is 0 Å². The summed E-state index contributed by atoms with van der Waals surface area (Å²) in [4.78, 5) is 23.7. The van der Waals surface area contributed by atoms with Gasteiger partial charge in [0, 0.05) is 13.1 Å². The van der Waals surface area contributed by atoms with E-state index in [-0.39, 0.29) is 5.91 Å². The lowest BCUT2D eigenvalue weighted by Crippen LogP contribution is -2.57. The Bertz CT molecular complexity index is 259. The van der Waals surface area contributed by atoms with Gasteiger partial charge in [0.15, 0.2) is 0 Å². The first-order valence-corrected chi connectivity index (χ1v) is 5.19. The molecule has 1 rings (SSSR count). The number of carboxylic acid groups (broad SMARTS) is 1. The van der Waals surface area contributed by atoms with E-state index in [9.17, 15) is 9.59 Å². The average Bonchev–Trinajstić information content (AvgIpc) is 1.98. The summed E-state index contributed by atoms with van der Waals surface area (Å²) in [6.07, 6.45) is 0.646. The summed E-state index contributed by atoms with van der Waals surface area (Å²) in [6, 6.07) is -0.486. The summed E-state index contributed by atoms with van der Waals surface area (Å²) in [5.74, 6) is -0.988. The predicted molar refractivity (Wildman–Crippen MR) is 55.1 cm³/mol. The van der Waals surface area contributed by atoms with Crippen LogP contribution < -0.4 is 5.73 Å². The van der Waals surface area contributed by atoms with Gasteiger partial charge in [0.2, 0.25) is 5.91 Å². The van der Waals surface area contributed by atoms with E-state index in [2.05, 4.69) is 0 Å². The van der Waals surface area contributed by atoms with Gasteiger partial charge in [0.05, 0.1) is 12.0 Å². The Hall–Kier alpha value is -1.10. The summed E-state index contributed by atoms with van der Waals surface area (Å²) < 4.78 is 0. The highest BCUT2D eigenvalue weighted by Crippen LogP contribution is 2.17. The number of nitrogens with two attached hydrogens (primary N) is 1. The summed E-state index contributed by atoms with van der Waals surface area (Å²) in [5.41, 5.74) is 5.71. The Morgan fingerprint density at radius 1 is 1.47 bits per heavy atom. The van der Waals surface area contributed by atoms with Gasteiger partial charge in [-0.1, -0.05) is 13.8 Å². The van der Waals surface area contributed by atoms with Gasteiger partial charge >= 0.3 is 5.97 Å². The van der Waals surface area contributed by atoms with Gasteiger partial charge in [-0.3, -0.25) is 9.59 Å². The quantitative estimate of drug-likeness (QED) is 0.684. The third-order valence-electron chi connectivity index (χ3n) is 2.58. The normalized spacial score (nSPS) is 18.8. The van der Waals surface area contributed by atoms with Crippen molar-refractivity contribution in [1.29, 1.82) is 0 Å². The average molecular weight is 214 g/mol. The minimum Gasteiger partial charge on any atom is -0.481 e. The van der Waals surface area contributed by atoms with Crippen LogP contribution in [0.2, 0.25) is 0 Å². The van der Waals surface area contributed by atoms with E-state index in [1.165, 1.54) is 4.90 Å². The number of amides is 1. The van der Waals surface area contributed by atoms with Crippen LogP contribution in [0.15, 0.2) is 0 Å². The molecule has 1 aliphatic heterocycles. The lowest BCUT2D eigenvalue weighted by Gasteiger charge is -2.38. The SMILES string of the molecule is CC(C)C[C@H](N)C(=O)N1CC(C(=O)O)C1. The minimum atomic E-state index is -0.837. The maximum atomic E-state index is 11.6. The Labute approximate surface area is 89.2 Å². The molecule has 5 heteroatoms. The number of hydrogen-bond donors (Lipinski definition) is 2. The summed E-state index contributed by atoms with van der Waals surface area (Å²) in [6.45, 7) is 4.62. The fourth-order valence-electron chi connectivity index (χ4n) is 1.66. The van der Waals surface area contributed by atoms with Crippen molar-refractivity contribution in [1.82, 2.24) is 4.90 Å². The van der Waals surface area contributed by atoms with Crippen molar-refractivity contribution in [2.45, 2.75) is 26.3 Å². The molecular weight excluding hydrogens is 196 g/mol. The topological polar surface area (TPSA) is 83.6 Å². The Kier molecular flexibility index (Phi) is 3.68. The number of rotatable bonds is 4. The molecule has 0 unspecified atom stereocenters. The maximum Gasteiger partial charge on any atom is 0.310 e. The molecule has 1 heterocycles. The molecule has 0 bridgehead atoms. The molecule has 1 aliphatic rings. The van der Waals surface area contributed by atoms with Crippen molar-refractivity contribution in [2.75, 3.05) is 13.1 Å². The third kappa shape index (κ3) is 2.92. The smallest absolute Gasteiger partial charge is 0.310 e. The molecule has 1 atom stereocenters. The highest BCUT2D eigenvalue weighted by atomic mass is 16.4. The summed E-state index contributed by atoms with van der Waals surface area (Å²) in [7, 11) is 0. The molecule has 0 aromatic rings. The van der Waals surface area contributed by atoms with Gasteiger partial charge in [0.1, 0.15) is 0 Å². The van der Waals surface area contributed by atoms with Crippen LogP contribution in [0.25, 0.3) is 0 Å². The second kappa shape index (κ2) is 4.61. The summed E-state index contributed by atoms with van der Waals surface area (Å²) >= 11 is 0. The fourth-order valence-corrected chi connectivity index (χ4v) is 1.66. The van der Waals surface area contributed by atoms with E-state index in [1.54, 1.807) is 0 Å². The first-order chi connectivity index (χ1) is 6.91. The van der Waals surface area contributed by atoms with Crippen molar-refractivity contribution in [2.24, 2.45) is 17.6 Å². The first kappa shape index (κ1) is 12.0.